The number of aliphatic imine (C=N–C) groups is 1. The maximum Gasteiger partial charge on any atom is 0.416 e. The summed E-state index contributed by atoms with van der Waals surface area (Å²) < 4.78 is 79.9. The molecule has 0 unspecified atom stereocenters. The first kappa shape index (κ1) is 27.9. The van der Waals surface area contributed by atoms with Crippen LogP contribution in [-0.4, -0.2) is 29.7 Å². The molecule has 5 nitrogen and oxygen atoms in total. The average Bonchev–Trinajstić information content (AvgIpc) is 2.98. The number of hydrogen-bond acceptors (Lipinski definition) is 3. The maximum atomic E-state index is 13.6. The van der Waals surface area contributed by atoms with Gasteiger partial charge in [-0.05, 0) is 37.6 Å². The first-order valence-electron chi connectivity index (χ1n) is 11.9. The van der Waals surface area contributed by atoms with Gasteiger partial charge in [0.15, 0.2) is 0 Å². The number of carbonyl (C=O) groups is 2. The van der Waals surface area contributed by atoms with Crippen molar-refractivity contribution >= 4 is 23.2 Å². The number of para-hydroxylation sites is 1. The lowest BCUT2D eigenvalue weighted by atomic mass is 10.00. The summed E-state index contributed by atoms with van der Waals surface area (Å²) in [6.45, 7) is 3.53. The third kappa shape index (κ3) is 5.97. The summed E-state index contributed by atoms with van der Waals surface area (Å²) in [5, 5.41) is 2.39. The number of fused-ring (bicyclic) bond motifs is 1. The van der Waals surface area contributed by atoms with Crippen LogP contribution in [0.15, 0.2) is 77.8 Å². The van der Waals surface area contributed by atoms with Gasteiger partial charge in [-0.3, -0.25) is 9.59 Å². The zero-order chi connectivity index (χ0) is 28.5. The quantitative estimate of drug-likeness (QED) is 0.399. The normalized spacial score (nSPS) is 16.0. The SMILES string of the molecule is CC(C)N1C(=O)[C@H](NC(=O)Cc2ccc(C(F)(F)F)cc2C(F)(F)F)N=C(c2ccccc2)c2ccccc21. The maximum absolute atomic E-state index is 13.6. The van der Waals surface area contributed by atoms with Crippen molar-refractivity contribution in [1.29, 1.82) is 0 Å². The van der Waals surface area contributed by atoms with Crippen LogP contribution >= 0.6 is 0 Å². The molecule has 0 radical (unpaired) electrons. The Morgan fingerprint density at radius 2 is 1.56 bits per heavy atom. The molecule has 204 valence electrons. The summed E-state index contributed by atoms with van der Waals surface area (Å²) >= 11 is 0. The van der Waals surface area contributed by atoms with Crippen LogP contribution < -0.4 is 10.2 Å². The van der Waals surface area contributed by atoms with Gasteiger partial charge < -0.3 is 10.2 Å². The molecule has 0 bridgehead atoms. The fourth-order valence-corrected chi connectivity index (χ4v) is 4.39. The van der Waals surface area contributed by atoms with E-state index in [1.165, 1.54) is 4.90 Å². The molecule has 0 aliphatic carbocycles. The van der Waals surface area contributed by atoms with Crippen molar-refractivity contribution in [2.75, 3.05) is 4.90 Å². The van der Waals surface area contributed by atoms with Crippen molar-refractivity contribution in [1.82, 2.24) is 5.32 Å². The Hall–Kier alpha value is -4.15. The van der Waals surface area contributed by atoms with Gasteiger partial charge in [-0.25, -0.2) is 4.99 Å². The molecule has 1 N–H and O–H groups in total. The van der Waals surface area contributed by atoms with Gasteiger partial charge in [-0.15, -0.1) is 0 Å². The molecule has 0 saturated carbocycles. The number of hydrogen-bond donors (Lipinski definition) is 1. The van der Waals surface area contributed by atoms with E-state index in [0.29, 0.717) is 34.7 Å². The smallest absolute Gasteiger partial charge is 0.326 e. The van der Waals surface area contributed by atoms with Gasteiger partial charge in [-0.2, -0.15) is 26.3 Å². The summed E-state index contributed by atoms with van der Waals surface area (Å²) in [5.74, 6) is -1.62. The highest BCUT2D eigenvalue weighted by Gasteiger charge is 2.39. The Bertz CT molecular complexity index is 1410. The van der Waals surface area contributed by atoms with Crippen molar-refractivity contribution in [2.24, 2.45) is 4.99 Å². The molecule has 0 spiro atoms. The molecule has 1 atom stereocenters. The number of benzene rings is 3. The Morgan fingerprint density at radius 1 is 0.923 bits per heavy atom. The van der Waals surface area contributed by atoms with Crippen LogP contribution in [0.5, 0.6) is 0 Å². The molecule has 39 heavy (non-hydrogen) atoms. The molecule has 0 aromatic heterocycles. The summed E-state index contributed by atoms with van der Waals surface area (Å²) in [5.41, 5.74) is -1.54. The van der Waals surface area contributed by atoms with E-state index in [0.717, 1.165) is 0 Å². The highest BCUT2D eigenvalue weighted by Crippen LogP contribution is 2.37. The van der Waals surface area contributed by atoms with Crippen LogP contribution in [0.25, 0.3) is 0 Å². The van der Waals surface area contributed by atoms with Crippen molar-refractivity contribution in [3.8, 4) is 0 Å². The summed E-state index contributed by atoms with van der Waals surface area (Å²) in [4.78, 5) is 32.5. The number of benzodiazepines with no additional fused rings is 1. The number of nitrogens with zero attached hydrogens (tertiary/aromatic N) is 2. The van der Waals surface area contributed by atoms with E-state index in [2.05, 4.69) is 10.3 Å². The van der Waals surface area contributed by atoms with Crippen LogP contribution in [-0.2, 0) is 28.4 Å². The van der Waals surface area contributed by atoms with Crippen molar-refractivity contribution in [3.05, 3.63) is 101 Å². The van der Waals surface area contributed by atoms with E-state index in [4.69, 9.17) is 0 Å². The minimum atomic E-state index is -5.14. The van der Waals surface area contributed by atoms with Gasteiger partial charge in [0.2, 0.25) is 12.1 Å². The Balaban J connectivity index is 1.72. The van der Waals surface area contributed by atoms with E-state index in [9.17, 15) is 35.9 Å². The number of nitrogens with one attached hydrogen (secondary N) is 1. The predicted molar refractivity (Wildman–Crippen MR) is 133 cm³/mol. The monoisotopic (exact) mass is 547 g/mol. The fourth-order valence-electron chi connectivity index (χ4n) is 4.39. The van der Waals surface area contributed by atoms with Crippen molar-refractivity contribution in [2.45, 2.75) is 44.8 Å². The van der Waals surface area contributed by atoms with E-state index >= 15 is 0 Å². The molecular formula is C28H23F6N3O2. The Labute approximate surface area is 220 Å². The zero-order valence-electron chi connectivity index (χ0n) is 20.8. The molecule has 3 aromatic carbocycles. The van der Waals surface area contributed by atoms with Crippen LogP contribution in [0.3, 0.4) is 0 Å². The standard InChI is InChI=1S/C28H23F6N3O2/c1-16(2)37-22-11-7-6-10-20(22)24(17-8-4-3-5-9-17)36-25(26(37)39)35-23(38)14-18-12-13-19(27(29,30)31)15-21(18)28(32,33)34/h3-13,15-16,25H,14H2,1-2H3,(H,35,38)/t25-/m1/s1. The van der Waals surface area contributed by atoms with Gasteiger partial charge in [0.25, 0.3) is 5.91 Å². The Morgan fingerprint density at radius 3 is 2.18 bits per heavy atom. The topological polar surface area (TPSA) is 61.8 Å². The van der Waals surface area contributed by atoms with E-state index in [1.54, 1.807) is 68.4 Å². The van der Waals surface area contributed by atoms with Crippen LogP contribution in [0.1, 0.15) is 41.7 Å². The van der Waals surface area contributed by atoms with Gasteiger partial charge in [-0.1, -0.05) is 54.6 Å². The summed E-state index contributed by atoms with van der Waals surface area (Å²) in [6, 6.07) is 16.6. The predicted octanol–water partition coefficient (Wildman–Crippen LogP) is 6.00. The lowest BCUT2D eigenvalue weighted by molar-refractivity contribution is -0.143. The first-order chi connectivity index (χ1) is 18.3. The molecule has 4 rings (SSSR count). The third-order valence-electron chi connectivity index (χ3n) is 6.10. The van der Waals surface area contributed by atoms with Gasteiger partial charge in [0.1, 0.15) is 0 Å². The molecule has 1 aliphatic rings. The molecular weight excluding hydrogens is 524 g/mol. The average molecular weight is 547 g/mol. The van der Waals surface area contributed by atoms with E-state index < -0.39 is 53.4 Å². The van der Waals surface area contributed by atoms with Gasteiger partial charge >= 0.3 is 12.4 Å². The number of carbonyl (C=O) groups excluding carboxylic acids is 2. The number of alkyl halides is 6. The molecule has 11 heteroatoms. The molecule has 3 aromatic rings. The second kappa shape index (κ2) is 10.5. The number of halogens is 6. The number of rotatable bonds is 5. The van der Waals surface area contributed by atoms with Gasteiger partial charge in [0, 0.05) is 17.2 Å². The third-order valence-corrected chi connectivity index (χ3v) is 6.10. The van der Waals surface area contributed by atoms with Crippen molar-refractivity contribution in [3.63, 3.8) is 0 Å². The number of anilines is 1. The zero-order valence-corrected chi connectivity index (χ0v) is 20.8. The largest absolute Gasteiger partial charge is 0.416 e. The first-order valence-corrected chi connectivity index (χ1v) is 11.9. The second-order valence-corrected chi connectivity index (χ2v) is 9.18. The van der Waals surface area contributed by atoms with Crippen LogP contribution in [0.2, 0.25) is 0 Å². The fraction of sp³-hybridized carbons (Fsp3) is 0.250. The second-order valence-electron chi connectivity index (χ2n) is 9.18. The van der Waals surface area contributed by atoms with E-state index in [-0.39, 0.29) is 12.1 Å². The lowest BCUT2D eigenvalue weighted by Crippen LogP contribution is -2.50. The van der Waals surface area contributed by atoms with Gasteiger partial charge in [0.05, 0.1) is 28.9 Å². The van der Waals surface area contributed by atoms with E-state index in [1.807, 2.05) is 0 Å². The molecule has 2 amide bonds. The Kier molecular flexibility index (Phi) is 7.54. The number of amides is 2. The highest BCUT2D eigenvalue weighted by molar-refractivity contribution is 6.20. The molecule has 0 saturated heterocycles. The minimum absolute atomic E-state index is 0.0256. The van der Waals surface area contributed by atoms with Crippen LogP contribution in [0, 0.1) is 0 Å². The summed E-state index contributed by atoms with van der Waals surface area (Å²) in [7, 11) is 0. The van der Waals surface area contributed by atoms with Crippen molar-refractivity contribution < 1.29 is 35.9 Å². The molecule has 1 heterocycles. The lowest BCUT2D eigenvalue weighted by Gasteiger charge is -2.29. The van der Waals surface area contributed by atoms with Crippen LogP contribution in [0.4, 0.5) is 32.0 Å². The summed E-state index contributed by atoms with van der Waals surface area (Å²) in [6.07, 6.45) is -12.5. The highest BCUT2D eigenvalue weighted by atomic mass is 19.4. The molecule has 1 aliphatic heterocycles. The molecule has 0 fully saturated rings. The minimum Gasteiger partial charge on any atom is -0.326 e.